The number of rotatable bonds is 3. The summed E-state index contributed by atoms with van der Waals surface area (Å²) in [5.41, 5.74) is 0.642. The lowest BCUT2D eigenvalue weighted by atomic mass is 10.3. The summed E-state index contributed by atoms with van der Waals surface area (Å²) in [5, 5.41) is 3.84. The predicted molar refractivity (Wildman–Crippen MR) is 53.2 cm³/mol. The third kappa shape index (κ3) is 2.47. The fraction of sp³-hybridized carbons (Fsp3) is 0.571. The van der Waals surface area contributed by atoms with Crippen molar-refractivity contribution in [3.8, 4) is 0 Å². The largest absolute Gasteiger partial charge is 0.462 e. The van der Waals surface area contributed by atoms with Crippen molar-refractivity contribution in [2.45, 2.75) is 18.7 Å². The van der Waals surface area contributed by atoms with Gasteiger partial charge in [-0.15, -0.1) is 5.10 Å². The summed E-state index contributed by atoms with van der Waals surface area (Å²) in [7, 11) is 0. The number of hydrogen-bond donors (Lipinski definition) is 0. The summed E-state index contributed by atoms with van der Waals surface area (Å²) in [6.07, 6.45) is 0. The Morgan fingerprint density at radius 1 is 1.77 bits per heavy atom. The standard InChI is InChI=1S/C7H9BrN2O2S/c1-3-12-7(11)6-5(4(2)8)9-10-13-6/h4H,3H2,1-2H3. The van der Waals surface area contributed by atoms with Gasteiger partial charge in [0.1, 0.15) is 5.69 Å². The zero-order chi connectivity index (χ0) is 9.84. The van der Waals surface area contributed by atoms with Crippen molar-refractivity contribution >= 4 is 33.4 Å². The van der Waals surface area contributed by atoms with Crippen molar-refractivity contribution in [1.82, 2.24) is 9.59 Å². The first-order valence-corrected chi connectivity index (χ1v) is 5.49. The third-order valence-electron chi connectivity index (χ3n) is 1.35. The molecule has 0 aliphatic heterocycles. The number of ether oxygens (including phenoxy) is 1. The molecule has 1 heterocycles. The van der Waals surface area contributed by atoms with Crippen LogP contribution in [-0.2, 0) is 4.74 Å². The molecule has 13 heavy (non-hydrogen) atoms. The van der Waals surface area contributed by atoms with Gasteiger partial charge < -0.3 is 4.74 Å². The van der Waals surface area contributed by atoms with Crippen molar-refractivity contribution in [2.75, 3.05) is 6.61 Å². The molecule has 1 aromatic rings. The first-order chi connectivity index (χ1) is 6.16. The van der Waals surface area contributed by atoms with Crippen molar-refractivity contribution in [3.05, 3.63) is 10.6 Å². The number of halogens is 1. The molecule has 0 fully saturated rings. The van der Waals surface area contributed by atoms with E-state index in [1.165, 1.54) is 0 Å². The molecule has 4 nitrogen and oxygen atoms in total. The number of nitrogens with zero attached hydrogens (tertiary/aromatic N) is 2. The van der Waals surface area contributed by atoms with Gasteiger partial charge >= 0.3 is 5.97 Å². The number of alkyl halides is 1. The Morgan fingerprint density at radius 3 is 3.00 bits per heavy atom. The first kappa shape index (κ1) is 10.6. The van der Waals surface area contributed by atoms with E-state index < -0.39 is 0 Å². The molecule has 6 heteroatoms. The molecular formula is C7H9BrN2O2S. The SMILES string of the molecule is CCOC(=O)c1snnc1C(C)Br. The van der Waals surface area contributed by atoms with Crippen LogP contribution in [0.2, 0.25) is 0 Å². The van der Waals surface area contributed by atoms with Crippen LogP contribution < -0.4 is 0 Å². The number of esters is 1. The van der Waals surface area contributed by atoms with E-state index in [1.54, 1.807) is 6.92 Å². The summed E-state index contributed by atoms with van der Waals surface area (Å²) in [4.78, 5) is 11.8. The van der Waals surface area contributed by atoms with Gasteiger partial charge in [-0.3, -0.25) is 0 Å². The zero-order valence-electron chi connectivity index (χ0n) is 7.28. The lowest BCUT2D eigenvalue weighted by Crippen LogP contribution is -2.05. The molecule has 72 valence electrons. The van der Waals surface area contributed by atoms with Crippen molar-refractivity contribution in [2.24, 2.45) is 0 Å². The molecule has 0 aliphatic carbocycles. The number of aromatic nitrogens is 2. The molecule has 0 saturated heterocycles. The van der Waals surface area contributed by atoms with E-state index in [1.807, 2.05) is 6.92 Å². The van der Waals surface area contributed by atoms with Crippen LogP contribution >= 0.6 is 27.5 Å². The highest BCUT2D eigenvalue weighted by Gasteiger charge is 2.20. The number of carbonyl (C=O) groups is 1. The van der Waals surface area contributed by atoms with Crippen LogP contribution in [0.3, 0.4) is 0 Å². The van der Waals surface area contributed by atoms with Crippen LogP contribution in [-0.4, -0.2) is 22.2 Å². The van der Waals surface area contributed by atoms with Gasteiger partial charge in [0, 0.05) is 0 Å². The molecule has 0 radical (unpaired) electrons. The van der Waals surface area contributed by atoms with Crippen LogP contribution in [0, 0.1) is 0 Å². The molecule has 0 bridgehead atoms. The maximum Gasteiger partial charge on any atom is 0.351 e. The highest BCUT2D eigenvalue weighted by atomic mass is 79.9. The minimum atomic E-state index is -0.348. The molecule has 0 aliphatic rings. The maximum absolute atomic E-state index is 11.3. The van der Waals surface area contributed by atoms with E-state index in [0.29, 0.717) is 17.2 Å². The van der Waals surface area contributed by atoms with E-state index in [4.69, 9.17) is 4.74 Å². The normalized spacial score (nSPS) is 12.5. The highest BCUT2D eigenvalue weighted by molar-refractivity contribution is 9.09. The average molecular weight is 265 g/mol. The van der Waals surface area contributed by atoms with Gasteiger partial charge in [-0.1, -0.05) is 20.4 Å². The van der Waals surface area contributed by atoms with Gasteiger partial charge in [0.15, 0.2) is 4.88 Å². The number of carbonyl (C=O) groups excluding carboxylic acids is 1. The Morgan fingerprint density at radius 2 is 2.46 bits per heavy atom. The second-order valence-corrected chi connectivity index (χ2v) is 4.45. The highest BCUT2D eigenvalue weighted by Crippen LogP contribution is 2.25. The van der Waals surface area contributed by atoms with Crippen LogP contribution in [0.4, 0.5) is 0 Å². The quantitative estimate of drug-likeness (QED) is 0.620. The van der Waals surface area contributed by atoms with Crippen molar-refractivity contribution < 1.29 is 9.53 Å². The van der Waals surface area contributed by atoms with Crippen LogP contribution in [0.25, 0.3) is 0 Å². The molecule has 0 N–H and O–H groups in total. The average Bonchev–Trinajstić information content (AvgIpc) is 2.52. The molecule has 1 atom stereocenters. The lowest BCUT2D eigenvalue weighted by molar-refractivity contribution is 0.0530. The van der Waals surface area contributed by atoms with Gasteiger partial charge in [0.05, 0.1) is 11.4 Å². The molecule has 1 unspecified atom stereocenters. The molecule has 1 rings (SSSR count). The molecular weight excluding hydrogens is 256 g/mol. The first-order valence-electron chi connectivity index (χ1n) is 3.80. The van der Waals surface area contributed by atoms with E-state index in [0.717, 1.165) is 11.5 Å². The van der Waals surface area contributed by atoms with Gasteiger partial charge in [-0.05, 0) is 25.4 Å². The predicted octanol–water partition coefficient (Wildman–Crippen LogP) is 2.17. The third-order valence-corrected chi connectivity index (χ3v) is 2.51. The minimum Gasteiger partial charge on any atom is -0.462 e. The smallest absolute Gasteiger partial charge is 0.351 e. The fourth-order valence-corrected chi connectivity index (χ4v) is 1.92. The summed E-state index contributed by atoms with van der Waals surface area (Å²) >= 11 is 4.39. The van der Waals surface area contributed by atoms with E-state index in [-0.39, 0.29) is 10.8 Å². The number of hydrogen-bond acceptors (Lipinski definition) is 5. The van der Waals surface area contributed by atoms with Crippen LogP contribution in [0.1, 0.15) is 34.0 Å². The molecule has 0 amide bonds. The van der Waals surface area contributed by atoms with Crippen molar-refractivity contribution in [1.29, 1.82) is 0 Å². The zero-order valence-corrected chi connectivity index (χ0v) is 9.68. The Bertz CT molecular complexity index is 300. The van der Waals surface area contributed by atoms with Gasteiger partial charge in [-0.25, -0.2) is 4.79 Å². The summed E-state index contributed by atoms with van der Waals surface area (Å²) in [6, 6.07) is 0. The Balaban J connectivity index is 2.87. The van der Waals surface area contributed by atoms with E-state index in [9.17, 15) is 4.79 Å². The van der Waals surface area contributed by atoms with Gasteiger partial charge in [-0.2, -0.15) is 0 Å². The Labute approximate surface area is 88.6 Å². The van der Waals surface area contributed by atoms with Crippen molar-refractivity contribution in [3.63, 3.8) is 0 Å². The molecule has 0 spiro atoms. The van der Waals surface area contributed by atoms with E-state index >= 15 is 0 Å². The topological polar surface area (TPSA) is 52.1 Å². The molecule has 0 saturated carbocycles. The summed E-state index contributed by atoms with van der Waals surface area (Å²) < 4.78 is 8.56. The Hall–Kier alpha value is -0.490. The second kappa shape index (κ2) is 4.66. The fourth-order valence-electron chi connectivity index (χ4n) is 0.796. The molecule has 1 aromatic heterocycles. The van der Waals surface area contributed by atoms with Crippen LogP contribution in [0.5, 0.6) is 0 Å². The molecule has 0 aromatic carbocycles. The maximum atomic E-state index is 11.3. The Kier molecular flexibility index (Phi) is 3.80. The van der Waals surface area contributed by atoms with Gasteiger partial charge in [0.2, 0.25) is 0 Å². The monoisotopic (exact) mass is 264 g/mol. The minimum absolute atomic E-state index is 0.0191. The summed E-state index contributed by atoms with van der Waals surface area (Å²) in [6.45, 7) is 4.02. The second-order valence-electron chi connectivity index (χ2n) is 2.32. The van der Waals surface area contributed by atoms with Gasteiger partial charge in [0.25, 0.3) is 0 Å². The van der Waals surface area contributed by atoms with E-state index in [2.05, 4.69) is 25.5 Å². The summed E-state index contributed by atoms with van der Waals surface area (Å²) in [5.74, 6) is -0.348. The lowest BCUT2D eigenvalue weighted by Gasteiger charge is -2.01. The van der Waals surface area contributed by atoms with Crippen LogP contribution in [0.15, 0.2) is 0 Å².